The number of nitrogens with one attached hydrogen (secondary N) is 1. The van der Waals surface area contributed by atoms with Crippen LogP contribution in [0.2, 0.25) is 0 Å². The fourth-order valence-electron chi connectivity index (χ4n) is 3.70. The van der Waals surface area contributed by atoms with Gasteiger partial charge in [0.15, 0.2) is 0 Å². The molecule has 0 aliphatic carbocycles. The van der Waals surface area contributed by atoms with E-state index in [-0.39, 0.29) is 24.0 Å². The lowest BCUT2D eigenvalue weighted by molar-refractivity contribution is -0.141. The van der Waals surface area contributed by atoms with Crippen LogP contribution in [0.4, 0.5) is 17.6 Å². The van der Waals surface area contributed by atoms with E-state index in [0.29, 0.717) is 29.8 Å². The Morgan fingerprint density at radius 1 is 1.23 bits per heavy atom. The number of pyridine rings is 1. The number of carbonyl (C=O) groups excluding carboxylic acids is 1. The number of rotatable bonds is 7. The van der Waals surface area contributed by atoms with E-state index in [1.165, 1.54) is 48.3 Å². The minimum absolute atomic E-state index is 0.0313. The molecule has 186 valence electrons. The number of ether oxygens (including phenoxy) is 1. The molecule has 1 aromatic carbocycles. The van der Waals surface area contributed by atoms with Crippen LogP contribution in [0.15, 0.2) is 53.7 Å². The van der Waals surface area contributed by atoms with Crippen LogP contribution in [0.25, 0.3) is 5.69 Å². The fourth-order valence-corrected chi connectivity index (χ4v) is 5.06. The third kappa shape index (κ3) is 5.51. The van der Waals surface area contributed by atoms with E-state index in [1.807, 2.05) is 0 Å². The molecule has 35 heavy (non-hydrogen) atoms. The molecule has 1 amide bonds. The van der Waals surface area contributed by atoms with Crippen LogP contribution in [0.5, 0.6) is 5.88 Å². The summed E-state index contributed by atoms with van der Waals surface area (Å²) in [4.78, 5) is 16.7. The Bertz CT molecular complexity index is 1220. The molecule has 0 saturated carbocycles. The number of halogens is 4. The van der Waals surface area contributed by atoms with Gasteiger partial charge >= 0.3 is 6.18 Å². The molecule has 2 aromatic heterocycles. The summed E-state index contributed by atoms with van der Waals surface area (Å²) in [6, 6.07) is 6.72. The highest BCUT2D eigenvalue weighted by Gasteiger charge is 2.35. The maximum Gasteiger partial charge on any atom is 0.433 e. The summed E-state index contributed by atoms with van der Waals surface area (Å²) in [7, 11) is -0.241. The van der Waals surface area contributed by atoms with Gasteiger partial charge in [0, 0.05) is 19.3 Å². The van der Waals surface area contributed by atoms with Gasteiger partial charge in [-0.2, -0.15) is 13.2 Å². The number of methoxy groups -OCH3 is 1. The molecule has 8 nitrogen and oxygen atoms in total. The Labute approximate surface area is 200 Å². The van der Waals surface area contributed by atoms with Gasteiger partial charge in [0.2, 0.25) is 11.8 Å². The average Bonchev–Trinajstić information content (AvgIpc) is 3.49. The average molecular weight is 512 g/mol. The summed E-state index contributed by atoms with van der Waals surface area (Å²) in [6.45, 7) is 0.480. The summed E-state index contributed by atoms with van der Waals surface area (Å²) in [6.07, 6.45) is -0.810. The Hall–Kier alpha value is -3.32. The quantitative estimate of drug-likeness (QED) is 0.492. The molecule has 4 rings (SSSR count). The summed E-state index contributed by atoms with van der Waals surface area (Å²) < 4.78 is 72.5. The second-order valence-electron chi connectivity index (χ2n) is 7.73. The van der Waals surface area contributed by atoms with Crippen molar-refractivity contribution in [1.29, 1.82) is 0 Å². The first kappa shape index (κ1) is 24.8. The highest BCUT2D eigenvalue weighted by atomic mass is 32.2. The molecule has 13 heteroatoms. The summed E-state index contributed by atoms with van der Waals surface area (Å²) in [5.41, 5.74) is -0.248. The third-order valence-electron chi connectivity index (χ3n) is 5.44. The maximum atomic E-state index is 13.2. The second kappa shape index (κ2) is 10.1. The molecular weight excluding hydrogens is 490 g/mol. The number of nitrogens with zero attached hydrogens (tertiary/aromatic N) is 4. The van der Waals surface area contributed by atoms with Crippen molar-refractivity contribution in [1.82, 2.24) is 24.4 Å². The van der Waals surface area contributed by atoms with Crippen LogP contribution in [-0.4, -0.2) is 48.9 Å². The van der Waals surface area contributed by atoms with Crippen LogP contribution in [0, 0.1) is 5.82 Å². The van der Waals surface area contributed by atoms with E-state index in [1.54, 1.807) is 4.31 Å². The van der Waals surface area contributed by atoms with Gasteiger partial charge < -0.3 is 10.1 Å². The first-order valence-electron chi connectivity index (χ1n) is 10.6. The standard InChI is InChI=1S/C22H21F4N5O3S/c1-34-21-14(13-30(29-21)16-6-9-19(27-12-16)22(24,25)26)11-28-20(32)18-3-2-10-31(18)35(33)17-7-4-15(23)5-8-17/h4-9,12-13,18H,2-3,10-11H2,1H3,(H,28,32). The zero-order chi connectivity index (χ0) is 25.2. The largest absolute Gasteiger partial charge is 0.480 e. The van der Waals surface area contributed by atoms with Gasteiger partial charge in [0.25, 0.3) is 0 Å². The molecule has 2 unspecified atom stereocenters. The number of benzene rings is 1. The van der Waals surface area contributed by atoms with Gasteiger partial charge in [0.05, 0.1) is 29.5 Å². The van der Waals surface area contributed by atoms with Gasteiger partial charge in [-0.3, -0.25) is 4.79 Å². The lowest BCUT2D eigenvalue weighted by atomic mass is 10.2. The number of hydrogen-bond donors (Lipinski definition) is 1. The lowest BCUT2D eigenvalue weighted by Crippen LogP contribution is -2.43. The summed E-state index contributed by atoms with van der Waals surface area (Å²) in [5, 5.41) is 6.97. The minimum Gasteiger partial charge on any atom is -0.480 e. The lowest BCUT2D eigenvalue weighted by Gasteiger charge is -2.22. The molecule has 2 atom stereocenters. The van der Waals surface area contributed by atoms with E-state index in [9.17, 15) is 26.6 Å². The molecule has 3 heterocycles. The van der Waals surface area contributed by atoms with E-state index in [0.717, 1.165) is 12.3 Å². The monoisotopic (exact) mass is 511 g/mol. The smallest absolute Gasteiger partial charge is 0.433 e. The molecule has 0 radical (unpaired) electrons. The first-order valence-corrected chi connectivity index (χ1v) is 11.7. The summed E-state index contributed by atoms with van der Waals surface area (Å²) in [5.74, 6) is -0.602. The molecule has 1 fully saturated rings. The van der Waals surface area contributed by atoms with E-state index >= 15 is 0 Å². The van der Waals surface area contributed by atoms with Crippen molar-refractivity contribution in [2.75, 3.05) is 13.7 Å². The second-order valence-corrected chi connectivity index (χ2v) is 9.17. The van der Waals surface area contributed by atoms with Crippen molar-refractivity contribution >= 4 is 16.9 Å². The van der Waals surface area contributed by atoms with Crippen molar-refractivity contribution in [3.63, 3.8) is 0 Å². The van der Waals surface area contributed by atoms with Crippen molar-refractivity contribution in [3.05, 3.63) is 65.9 Å². The fraction of sp³-hybridized carbons (Fsp3) is 0.318. The van der Waals surface area contributed by atoms with E-state index in [4.69, 9.17) is 4.74 Å². The Morgan fingerprint density at radius 3 is 2.60 bits per heavy atom. The van der Waals surface area contributed by atoms with Crippen molar-refractivity contribution < 1.29 is 31.3 Å². The van der Waals surface area contributed by atoms with Gasteiger partial charge in [0.1, 0.15) is 28.5 Å². The first-order chi connectivity index (χ1) is 16.7. The number of alkyl halides is 3. The van der Waals surface area contributed by atoms with Crippen LogP contribution >= 0.6 is 0 Å². The highest BCUT2D eigenvalue weighted by molar-refractivity contribution is 7.82. The zero-order valence-corrected chi connectivity index (χ0v) is 19.3. The summed E-state index contributed by atoms with van der Waals surface area (Å²) >= 11 is 0. The molecule has 0 spiro atoms. The number of carbonyl (C=O) groups is 1. The third-order valence-corrected chi connectivity index (χ3v) is 6.97. The Kier molecular flexibility index (Phi) is 7.17. The van der Waals surface area contributed by atoms with Crippen LogP contribution < -0.4 is 10.1 Å². The van der Waals surface area contributed by atoms with Gasteiger partial charge in [-0.15, -0.1) is 5.10 Å². The van der Waals surface area contributed by atoms with Crippen molar-refractivity contribution in [2.45, 2.75) is 36.5 Å². The van der Waals surface area contributed by atoms with E-state index < -0.39 is 34.7 Å². The normalized spacial score (nSPS) is 17.3. The molecule has 1 saturated heterocycles. The van der Waals surface area contributed by atoms with E-state index in [2.05, 4.69) is 15.4 Å². The Balaban J connectivity index is 1.44. The van der Waals surface area contributed by atoms with Crippen molar-refractivity contribution in [2.24, 2.45) is 0 Å². The number of hydrogen-bond acceptors (Lipinski definition) is 5. The van der Waals surface area contributed by atoms with Gasteiger partial charge in [-0.05, 0) is 49.2 Å². The van der Waals surface area contributed by atoms with Crippen LogP contribution in [-0.2, 0) is 28.5 Å². The Morgan fingerprint density at radius 2 is 1.97 bits per heavy atom. The van der Waals surface area contributed by atoms with Crippen molar-refractivity contribution in [3.8, 4) is 11.6 Å². The molecule has 1 aliphatic heterocycles. The number of amides is 1. The molecule has 1 aliphatic rings. The molecule has 3 aromatic rings. The van der Waals surface area contributed by atoms with Gasteiger partial charge in [-0.1, -0.05) is 0 Å². The predicted octanol–water partition coefficient (Wildman–Crippen LogP) is 3.24. The minimum atomic E-state index is -4.55. The molecule has 0 bridgehead atoms. The highest BCUT2D eigenvalue weighted by Crippen LogP contribution is 2.28. The predicted molar refractivity (Wildman–Crippen MR) is 117 cm³/mol. The van der Waals surface area contributed by atoms with Crippen LogP contribution in [0.1, 0.15) is 24.1 Å². The SMILES string of the molecule is COc1nn(-c2ccc(C(F)(F)F)nc2)cc1CNC(=O)C1CCCN1S(=O)c1ccc(F)cc1. The number of aromatic nitrogens is 3. The van der Waals surface area contributed by atoms with Crippen LogP contribution in [0.3, 0.4) is 0 Å². The molecular formula is C22H21F4N5O3S. The topological polar surface area (TPSA) is 89.3 Å². The molecule has 1 N–H and O–H groups in total. The maximum absolute atomic E-state index is 13.2. The van der Waals surface area contributed by atoms with Gasteiger partial charge in [-0.25, -0.2) is 22.6 Å². The zero-order valence-electron chi connectivity index (χ0n) is 18.5.